The van der Waals surface area contributed by atoms with Gasteiger partial charge in [0.05, 0.1) is 17.1 Å². The van der Waals surface area contributed by atoms with Crippen LogP contribution in [-0.4, -0.2) is 59.8 Å². The molecule has 0 aromatic heterocycles. The largest absolute Gasteiger partial charge is 0.490 e. The molecule has 0 saturated carbocycles. The summed E-state index contributed by atoms with van der Waals surface area (Å²) in [6.07, 6.45) is 4.54. The zero-order valence-electron chi connectivity index (χ0n) is 22.4. The average Bonchev–Trinajstić information content (AvgIpc) is 3.34. The molecule has 7 N–H and O–H groups in total. The molecule has 10 nitrogen and oxygen atoms in total. The fourth-order valence-corrected chi connectivity index (χ4v) is 4.88. The molecule has 1 aromatic carbocycles. The molecule has 1 heterocycles. The standard InChI is InChI=1S/C27H42ClN5O5/c1-17(2)15-20(29)27(37)33-14-6-9-21(33)26(36)32-19(12-13-24(31)35)16-38-22-10-5-8-18(25(22)28)7-3-4-11-23(30)34/h5,8,10,17,19-21H,3-4,6-7,9,11-16,29H2,1-2H3,(H2,30,34)(H2,31,35)(H,32,36)/t19-,20-,21-/m0/s1. The Balaban J connectivity index is 2.03. The van der Waals surface area contributed by atoms with E-state index < -0.39 is 24.0 Å². The van der Waals surface area contributed by atoms with Crippen LogP contribution in [0.1, 0.15) is 70.8 Å². The van der Waals surface area contributed by atoms with Crippen molar-refractivity contribution in [1.29, 1.82) is 0 Å². The van der Waals surface area contributed by atoms with Crippen molar-refractivity contribution in [1.82, 2.24) is 10.2 Å². The summed E-state index contributed by atoms with van der Waals surface area (Å²) in [5, 5.41) is 3.40. The Labute approximate surface area is 229 Å². The first-order valence-electron chi connectivity index (χ1n) is 13.3. The topological polar surface area (TPSA) is 171 Å². The van der Waals surface area contributed by atoms with Crippen molar-refractivity contribution < 1.29 is 23.9 Å². The summed E-state index contributed by atoms with van der Waals surface area (Å²) in [5.41, 5.74) is 17.5. The molecular formula is C27H42ClN5O5. The smallest absolute Gasteiger partial charge is 0.243 e. The van der Waals surface area contributed by atoms with Gasteiger partial charge in [-0.3, -0.25) is 19.2 Å². The molecule has 2 rings (SSSR count). The highest BCUT2D eigenvalue weighted by Crippen LogP contribution is 2.29. The first-order valence-corrected chi connectivity index (χ1v) is 13.7. The van der Waals surface area contributed by atoms with Crippen LogP contribution < -0.4 is 27.3 Å². The summed E-state index contributed by atoms with van der Waals surface area (Å²) in [6, 6.07) is 3.65. The molecule has 0 bridgehead atoms. The second-order valence-electron chi connectivity index (χ2n) is 10.3. The number of carbonyl (C=O) groups excluding carboxylic acids is 4. The van der Waals surface area contributed by atoms with Crippen LogP contribution >= 0.6 is 11.6 Å². The van der Waals surface area contributed by atoms with E-state index in [1.54, 1.807) is 11.0 Å². The zero-order chi connectivity index (χ0) is 28.2. The van der Waals surface area contributed by atoms with E-state index >= 15 is 0 Å². The summed E-state index contributed by atoms with van der Waals surface area (Å²) in [4.78, 5) is 50.1. The minimum atomic E-state index is -0.650. The van der Waals surface area contributed by atoms with E-state index in [9.17, 15) is 19.2 Å². The van der Waals surface area contributed by atoms with Crippen LogP contribution in [0.4, 0.5) is 0 Å². The monoisotopic (exact) mass is 551 g/mol. The third-order valence-electron chi connectivity index (χ3n) is 6.57. The van der Waals surface area contributed by atoms with Crippen molar-refractivity contribution in [3.63, 3.8) is 0 Å². The third kappa shape index (κ3) is 10.1. The van der Waals surface area contributed by atoms with E-state index in [4.69, 9.17) is 33.5 Å². The Morgan fingerprint density at radius 2 is 1.84 bits per heavy atom. The lowest BCUT2D eigenvalue weighted by molar-refractivity contribution is -0.140. The minimum absolute atomic E-state index is 0.0640. The van der Waals surface area contributed by atoms with Crippen LogP contribution in [0.5, 0.6) is 5.75 Å². The number of nitrogens with two attached hydrogens (primary N) is 3. The predicted octanol–water partition coefficient (Wildman–Crippen LogP) is 2.03. The van der Waals surface area contributed by atoms with E-state index in [1.807, 2.05) is 26.0 Å². The van der Waals surface area contributed by atoms with Gasteiger partial charge in [-0.25, -0.2) is 0 Å². The number of carbonyl (C=O) groups is 4. The van der Waals surface area contributed by atoms with Gasteiger partial charge in [0.1, 0.15) is 18.4 Å². The second kappa shape index (κ2) is 15.5. The van der Waals surface area contributed by atoms with Crippen molar-refractivity contribution >= 4 is 35.2 Å². The molecule has 3 atom stereocenters. The molecule has 1 aliphatic rings. The Morgan fingerprint density at radius 3 is 2.50 bits per heavy atom. The number of aryl methyl sites for hydroxylation is 1. The van der Waals surface area contributed by atoms with Crippen LogP contribution in [0.25, 0.3) is 0 Å². The molecule has 11 heteroatoms. The molecule has 4 amide bonds. The van der Waals surface area contributed by atoms with Gasteiger partial charge in [-0.1, -0.05) is 37.6 Å². The van der Waals surface area contributed by atoms with Crippen molar-refractivity contribution in [3.05, 3.63) is 28.8 Å². The van der Waals surface area contributed by atoms with Crippen LogP contribution in [0.3, 0.4) is 0 Å². The minimum Gasteiger partial charge on any atom is -0.490 e. The summed E-state index contributed by atoms with van der Waals surface area (Å²) in [5.74, 6) is -0.631. The number of unbranched alkanes of at least 4 members (excludes halogenated alkanes) is 1. The molecule has 1 aliphatic heterocycles. The molecule has 0 spiro atoms. The Morgan fingerprint density at radius 1 is 1.13 bits per heavy atom. The van der Waals surface area contributed by atoms with E-state index in [-0.39, 0.29) is 43.1 Å². The van der Waals surface area contributed by atoms with Gasteiger partial charge in [0.2, 0.25) is 23.6 Å². The van der Waals surface area contributed by atoms with Crippen molar-refractivity contribution in [2.24, 2.45) is 23.1 Å². The molecule has 212 valence electrons. The fourth-order valence-electron chi connectivity index (χ4n) is 4.60. The number of hydrogen-bond acceptors (Lipinski definition) is 6. The summed E-state index contributed by atoms with van der Waals surface area (Å²) in [6.45, 7) is 4.54. The fraction of sp³-hybridized carbons (Fsp3) is 0.630. The van der Waals surface area contributed by atoms with Gasteiger partial charge in [-0.15, -0.1) is 0 Å². The molecule has 0 aliphatic carbocycles. The lowest BCUT2D eigenvalue weighted by atomic mass is 10.0. The molecule has 0 unspecified atom stereocenters. The van der Waals surface area contributed by atoms with Crippen LogP contribution in [0.2, 0.25) is 5.02 Å². The lowest BCUT2D eigenvalue weighted by Gasteiger charge is -2.29. The summed E-state index contributed by atoms with van der Waals surface area (Å²) < 4.78 is 5.96. The highest BCUT2D eigenvalue weighted by molar-refractivity contribution is 6.32. The maximum atomic E-state index is 13.2. The van der Waals surface area contributed by atoms with Crippen LogP contribution in [0.15, 0.2) is 18.2 Å². The van der Waals surface area contributed by atoms with Crippen LogP contribution in [0, 0.1) is 5.92 Å². The van der Waals surface area contributed by atoms with Crippen LogP contribution in [-0.2, 0) is 25.6 Å². The average molecular weight is 552 g/mol. The number of rotatable bonds is 16. The number of nitrogens with zero attached hydrogens (tertiary/aromatic N) is 1. The van der Waals surface area contributed by atoms with Gasteiger partial charge >= 0.3 is 0 Å². The maximum Gasteiger partial charge on any atom is 0.243 e. The number of halogens is 1. The SMILES string of the molecule is CC(C)C[C@H](N)C(=O)N1CCC[C@H]1C(=O)N[C@@H](CCC(N)=O)COc1cccc(CCCCC(N)=O)c1Cl. The Kier molecular flexibility index (Phi) is 12.8. The first-order chi connectivity index (χ1) is 18.0. The molecular weight excluding hydrogens is 510 g/mol. The second-order valence-corrected chi connectivity index (χ2v) is 10.7. The van der Waals surface area contributed by atoms with Gasteiger partial charge in [-0.05, 0) is 62.5 Å². The van der Waals surface area contributed by atoms with E-state index in [2.05, 4.69) is 5.32 Å². The summed E-state index contributed by atoms with van der Waals surface area (Å²) in [7, 11) is 0. The zero-order valence-corrected chi connectivity index (χ0v) is 23.2. The normalized spacial score (nSPS) is 16.8. The van der Waals surface area contributed by atoms with Gasteiger partial charge < -0.3 is 32.2 Å². The van der Waals surface area contributed by atoms with Crippen molar-refractivity contribution in [3.8, 4) is 5.75 Å². The predicted molar refractivity (Wildman–Crippen MR) is 146 cm³/mol. The number of nitrogens with one attached hydrogen (secondary N) is 1. The van der Waals surface area contributed by atoms with Gasteiger partial charge in [0.25, 0.3) is 0 Å². The molecule has 1 aromatic rings. The quantitative estimate of drug-likeness (QED) is 0.229. The van der Waals surface area contributed by atoms with E-state index in [0.29, 0.717) is 55.8 Å². The van der Waals surface area contributed by atoms with Gasteiger partial charge in [0, 0.05) is 19.4 Å². The lowest BCUT2D eigenvalue weighted by Crippen LogP contribution is -2.53. The maximum absolute atomic E-state index is 13.2. The highest BCUT2D eigenvalue weighted by Gasteiger charge is 2.37. The Hall–Kier alpha value is -2.85. The molecule has 38 heavy (non-hydrogen) atoms. The molecule has 1 fully saturated rings. The number of benzene rings is 1. The van der Waals surface area contributed by atoms with Gasteiger partial charge in [0.15, 0.2) is 0 Å². The number of hydrogen-bond donors (Lipinski definition) is 4. The third-order valence-corrected chi connectivity index (χ3v) is 7.00. The van der Waals surface area contributed by atoms with Crippen molar-refractivity contribution in [2.75, 3.05) is 13.2 Å². The number of primary amides is 2. The molecule has 0 radical (unpaired) electrons. The van der Waals surface area contributed by atoms with E-state index in [0.717, 1.165) is 12.0 Å². The number of ether oxygens (including phenoxy) is 1. The van der Waals surface area contributed by atoms with Gasteiger partial charge in [-0.2, -0.15) is 0 Å². The highest BCUT2D eigenvalue weighted by atomic mass is 35.5. The number of amides is 4. The molecule has 1 saturated heterocycles. The number of likely N-dealkylation sites (tertiary alicyclic amines) is 1. The Bertz CT molecular complexity index is 973. The van der Waals surface area contributed by atoms with Crippen molar-refractivity contribution in [2.45, 2.75) is 89.8 Å². The summed E-state index contributed by atoms with van der Waals surface area (Å²) >= 11 is 6.56. The van der Waals surface area contributed by atoms with E-state index in [1.165, 1.54) is 0 Å². The first kappa shape index (κ1) is 31.4.